The molecule has 0 bridgehead atoms. The zero-order chi connectivity index (χ0) is 12.4. The van der Waals surface area contributed by atoms with Gasteiger partial charge in [-0.2, -0.15) is 0 Å². The van der Waals surface area contributed by atoms with Gasteiger partial charge in [0.15, 0.2) is 0 Å². The van der Waals surface area contributed by atoms with E-state index in [1.807, 2.05) is 11.7 Å². The van der Waals surface area contributed by atoms with Crippen molar-refractivity contribution >= 4 is 11.3 Å². The second kappa shape index (κ2) is 5.21. The third-order valence-electron chi connectivity index (χ3n) is 3.68. The lowest BCUT2D eigenvalue weighted by Crippen LogP contribution is -2.22. The van der Waals surface area contributed by atoms with E-state index in [4.69, 9.17) is 0 Å². The number of aromatic nitrogens is 1. The third-order valence-corrected chi connectivity index (χ3v) is 4.54. The van der Waals surface area contributed by atoms with Gasteiger partial charge in [-0.15, -0.1) is 11.3 Å². The summed E-state index contributed by atoms with van der Waals surface area (Å²) in [6.07, 6.45) is 3.30. The van der Waals surface area contributed by atoms with Gasteiger partial charge in [0.2, 0.25) is 0 Å². The Labute approximate surface area is 112 Å². The van der Waals surface area contributed by atoms with Gasteiger partial charge in [-0.1, -0.05) is 37.3 Å². The smallest absolute Gasteiger partial charge is 0.0794 e. The second-order valence-electron chi connectivity index (χ2n) is 4.86. The maximum Gasteiger partial charge on any atom is 0.0794 e. The van der Waals surface area contributed by atoms with Gasteiger partial charge in [-0.05, 0) is 30.4 Å². The molecule has 2 nitrogen and oxygen atoms in total. The molecule has 1 aromatic heterocycles. The largest absolute Gasteiger partial charge is 0.309 e. The maximum absolute atomic E-state index is 4.21. The molecule has 1 heterocycles. The van der Waals surface area contributed by atoms with Gasteiger partial charge in [0.25, 0.3) is 0 Å². The molecule has 3 rings (SSSR count). The Balaban J connectivity index is 1.75. The highest BCUT2D eigenvalue weighted by molar-refractivity contribution is 7.09. The first-order valence-corrected chi connectivity index (χ1v) is 7.45. The Morgan fingerprint density at radius 2 is 2.22 bits per heavy atom. The van der Waals surface area contributed by atoms with Crippen LogP contribution in [-0.4, -0.2) is 11.5 Å². The molecule has 3 heteroatoms. The highest BCUT2D eigenvalue weighted by Gasteiger charge is 2.44. The molecule has 0 radical (unpaired) electrons. The van der Waals surface area contributed by atoms with Crippen LogP contribution in [-0.2, 0) is 0 Å². The minimum atomic E-state index is 0.479. The van der Waals surface area contributed by atoms with Crippen LogP contribution in [0, 0.1) is 5.92 Å². The van der Waals surface area contributed by atoms with Crippen molar-refractivity contribution in [3.8, 4) is 0 Å². The summed E-state index contributed by atoms with van der Waals surface area (Å²) in [5.41, 5.74) is 3.41. The van der Waals surface area contributed by atoms with Crippen molar-refractivity contribution < 1.29 is 0 Å². The Bertz CT molecular complexity index is 480. The molecule has 1 fully saturated rings. The number of benzene rings is 1. The maximum atomic E-state index is 4.21. The molecule has 1 aliphatic carbocycles. The molecule has 0 aliphatic heterocycles. The Kier molecular flexibility index (Phi) is 3.43. The summed E-state index contributed by atoms with van der Waals surface area (Å²) in [6, 6.07) is 11.3. The molecule has 0 spiro atoms. The van der Waals surface area contributed by atoms with Crippen LogP contribution in [0.15, 0.2) is 42.0 Å². The Hall–Kier alpha value is -1.19. The molecular weight excluding hydrogens is 240 g/mol. The van der Waals surface area contributed by atoms with E-state index >= 15 is 0 Å². The third kappa shape index (κ3) is 2.33. The topological polar surface area (TPSA) is 24.9 Å². The zero-order valence-corrected chi connectivity index (χ0v) is 11.4. The number of thiazole rings is 1. The molecule has 1 N–H and O–H groups in total. The summed E-state index contributed by atoms with van der Waals surface area (Å²) in [5.74, 6) is 1.45. The van der Waals surface area contributed by atoms with E-state index in [2.05, 4.69) is 47.6 Å². The molecule has 1 aliphatic rings. The molecule has 2 aromatic rings. The first kappa shape index (κ1) is 11.9. The average molecular weight is 258 g/mol. The van der Waals surface area contributed by atoms with Gasteiger partial charge >= 0.3 is 0 Å². The van der Waals surface area contributed by atoms with E-state index in [0.29, 0.717) is 6.04 Å². The van der Waals surface area contributed by atoms with Crippen LogP contribution < -0.4 is 5.32 Å². The van der Waals surface area contributed by atoms with Crippen LogP contribution in [0.25, 0.3) is 0 Å². The van der Waals surface area contributed by atoms with Crippen molar-refractivity contribution in [2.75, 3.05) is 6.54 Å². The fourth-order valence-corrected chi connectivity index (χ4v) is 3.50. The molecule has 18 heavy (non-hydrogen) atoms. The molecule has 0 amide bonds. The highest BCUT2D eigenvalue weighted by Crippen LogP contribution is 2.54. The van der Waals surface area contributed by atoms with Crippen LogP contribution in [0.4, 0.5) is 0 Å². The predicted molar refractivity (Wildman–Crippen MR) is 75.8 cm³/mol. The fourth-order valence-electron chi connectivity index (χ4n) is 2.73. The predicted octanol–water partition coefficient (Wildman–Crippen LogP) is 3.60. The SMILES string of the molecule is CCNC(c1cncs1)C1CC1c1ccccc1. The fraction of sp³-hybridized carbons (Fsp3) is 0.400. The molecular formula is C15H18N2S. The van der Waals surface area contributed by atoms with E-state index in [9.17, 15) is 0 Å². The Morgan fingerprint density at radius 1 is 1.39 bits per heavy atom. The van der Waals surface area contributed by atoms with Gasteiger partial charge in [-0.3, -0.25) is 4.98 Å². The van der Waals surface area contributed by atoms with Crippen LogP contribution in [0.5, 0.6) is 0 Å². The molecule has 3 unspecified atom stereocenters. The summed E-state index contributed by atoms with van der Waals surface area (Å²) in [6.45, 7) is 3.19. The van der Waals surface area contributed by atoms with E-state index in [0.717, 1.165) is 18.4 Å². The number of hydrogen-bond acceptors (Lipinski definition) is 3. The Morgan fingerprint density at radius 3 is 2.89 bits per heavy atom. The van der Waals surface area contributed by atoms with Crippen molar-refractivity contribution in [2.45, 2.75) is 25.3 Å². The van der Waals surface area contributed by atoms with E-state index < -0.39 is 0 Å². The normalized spacial score (nSPS) is 23.8. The lowest BCUT2D eigenvalue weighted by Gasteiger charge is -2.16. The van der Waals surface area contributed by atoms with E-state index in [1.54, 1.807) is 11.3 Å². The molecule has 0 saturated heterocycles. The van der Waals surface area contributed by atoms with Gasteiger partial charge in [0.1, 0.15) is 0 Å². The van der Waals surface area contributed by atoms with Crippen molar-refractivity contribution in [1.29, 1.82) is 0 Å². The quantitative estimate of drug-likeness (QED) is 0.886. The van der Waals surface area contributed by atoms with Crippen LogP contribution in [0.1, 0.15) is 35.7 Å². The van der Waals surface area contributed by atoms with Crippen molar-refractivity contribution in [3.05, 3.63) is 52.5 Å². The first-order valence-electron chi connectivity index (χ1n) is 6.57. The molecule has 1 saturated carbocycles. The number of rotatable bonds is 5. The van der Waals surface area contributed by atoms with Gasteiger partial charge in [0, 0.05) is 17.1 Å². The summed E-state index contributed by atoms with van der Waals surface area (Å²) in [4.78, 5) is 5.59. The summed E-state index contributed by atoms with van der Waals surface area (Å²) in [5, 5.41) is 3.62. The van der Waals surface area contributed by atoms with Crippen LogP contribution in [0.2, 0.25) is 0 Å². The molecule has 3 atom stereocenters. The lowest BCUT2D eigenvalue weighted by molar-refractivity contribution is 0.494. The number of hydrogen-bond donors (Lipinski definition) is 1. The monoisotopic (exact) mass is 258 g/mol. The average Bonchev–Trinajstić information content (AvgIpc) is 3.02. The van der Waals surface area contributed by atoms with Crippen molar-refractivity contribution in [1.82, 2.24) is 10.3 Å². The second-order valence-corrected chi connectivity index (χ2v) is 5.77. The summed E-state index contributed by atoms with van der Waals surface area (Å²) in [7, 11) is 0. The van der Waals surface area contributed by atoms with Gasteiger partial charge < -0.3 is 5.32 Å². The summed E-state index contributed by atoms with van der Waals surface area (Å²) < 4.78 is 0. The molecule has 94 valence electrons. The highest BCUT2D eigenvalue weighted by atomic mass is 32.1. The van der Waals surface area contributed by atoms with Crippen LogP contribution >= 0.6 is 11.3 Å². The number of nitrogens with one attached hydrogen (secondary N) is 1. The number of nitrogens with zero attached hydrogens (tertiary/aromatic N) is 1. The van der Waals surface area contributed by atoms with E-state index in [1.165, 1.54) is 16.9 Å². The van der Waals surface area contributed by atoms with Crippen molar-refractivity contribution in [3.63, 3.8) is 0 Å². The first-order chi connectivity index (χ1) is 8.90. The molecule has 1 aromatic carbocycles. The summed E-state index contributed by atoms with van der Waals surface area (Å²) >= 11 is 1.76. The minimum absolute atomic E-state index is 0.479. The minimum Gasteiger partial charge on any atom is -0.309 e. The standard InChI is InChI=1S/C15H18N2S/c1-2-17-15(14-9-16-10-18-14)13-8-12(13)11-6-4-3-5-7-11/h3-7,9-10,12-13,15,17H,2,8H2,1H3. The van der Waals surface area contributed by atoms with E-state index in [-0.39, 0.29) is 0 Å². The van der Waals surface area contributed by atoms with Gasteiger partial charge in [0.05, 0.1) is 5.51 Å². The van der Waals surface area contributed by atoms with Crippen molar-refractivity contribution in [2.24, 2.45) is 5.92 Å². The van der Waals surface area contributed by atoms with Gasteiger partial charge in [-0.25, -0.2) is 0 Å². The van der Waals surface area contributed by atoms with Crippen LogP contribution in [0.3, 0.4) is 0 Å². The zero-order valence-electron chi connectivity index (χ0n) is 10.5. The lowest BCUT2D eigenvalue weighted by atomic mass is 10.0.